The molecule has 0 aliphatic heterocycles. The minimum absolute atomic E-state index is 0.202. The second-order valence-corrected chi connectivity index (χ2v) is 7.40. The van der Waals surface area contributed by atoms with Gasteiger partial charge in [0.25, 0.3) is 5.91 Å². The number of fused-ring (bicyclic) bond motifs is 1. The topological polar surface area (TPSA) is 56.8 Å². The van der Waals surface area contributed by atoms with Crippen molar-refractivity contribution in [1.82, 2.24) is 5.32 Å². The monoisotopic (exact) mass is 405 g/mol. The van der Waals surface area contributed by atoms with Gasteiger partial charge < -0.3 is 19.5 Å². The Hall–Kier alpha value is -2.44. The average Bonchev–Trinajstić information content (AvgIpc) is 3.05. The lowest BCUT2D eigenvalue weighted by molar-refractivity contribution is 0.0941. The molecule has 0 saturated heterocycles. The van der Waals surface area contributed by atoms with E-state index in [0.717, 1.165) is 15.6 Å². The summed E-state index contributed by atoms with van der Waals surface area (Å²) in [6.45, 7) is 1.91. The van der Waals surface area contributed by atoms with E-state index in [9.17, 15) is 4.79 Å². The van der Waals surface area contributed by atoms with Crippen molar-refractivity contribution < 1.29 is 19.0 Å². The van der Waals surface area contributed by atoms with Gasteiger partial charge in [-0.3, -0.25) is 4.79 Å². The number of rotatable bonds is 6. The molecule has 2 aromatic carbocycles. The first-order chi connectivity index (χ1) is 13.0. The van der Waals surface area contributed by atoms with Crippen LogP contribution in [-0.4, -0.2) is 27.2 Å². The van der Waals surface area contributed by atoms with Gasteiger partial charge in [0, 0.05) is 15.1 Å². The molecular formula is C20H20ClNO4S. The Morgan fingerprint density at radius 1 is 1.04 bits per heavy atom. The average molecular weight is 406 g/mol. The molecule has 1 unspecified atom stereocenters. The van der Waals surface area contributed by atoms with Crippen molar-refractivity contribution >= 4 is 38.9 Å². The third-order valence-corrected chi connectivity index (χ3v) is 5.66. The molecule has 3 rings (SSSR count). The van der Waals surface area contributed by atoms with Gasteiger partial charge >= 0.3 is 0 Å². The molecule has 0 radical (unpaired) electrons. The van der Waals surface area contributed by atoms with Gasteiger partial charge in [-0.1, -0.05) is 17.7 Å². The summed E-state index contributed by atoms with van der Waals surface area (Å²) in [4.78, 5) is 13.4. The van der Waals surface area contributed by atoms with Crippen molar-refractivity contribution in [2.75, 3.05) is 21.3 Å². The van der Waals surface area contributed by atoms with Gasteiger partial charge in [-0.15, -0.1) is 11.3 Å². The fourth-order valence-corrected chi connectivity index (χ4v) is 4.09. The summed E-state index contributed by atoms with van der Waals surface area (Å²) in [5.41, 5.74) is 0.907. The van der Waals surface area contributed by atoms with Crippen LogP contribution in [0.5, 0.6) is 17.2 Å². The predicted octanol–water partition coefficient (Wildman–Crippen LogP) is 5.07. The number of carbonyl (C=O) groups is 1. The lowest BCUT2D eigenvalue weighted by Gasteiger charge is -2.16. The molecule has 27 heavy (non-hydrogen) atoms. The van der Waals surface area contributed by atoms with Crippen molar-refractivity contribution in [1.29, 1.82) is 0 Å². The molecule has 0 saturated carbocycles. The van der Waals surface area contributed by atoms with Crippen LogP contribution in [0.2, 0.25) is 5.02 Å². The van der Waals surface area contributed by atoms with Crippen molar-refractivity contribution in [3.8, 4) is 17.2 Å². The number of amides is 1. The number of nitrogens with one attached hydrogen (secondary N) is 1. The van der Waals surface area contributed by atoms with Crippen LogP contribution in [0.3, 0.4) is 0 Å². The number of hydrogen-bond acceptors (Lipinski definition) is 5. The summed E-state index contributed by atoms with van der Waals surface area (Å²) < 4.78 is 17.0. The zero-order chi connectivity index (χ0) is 19.6. The van der Waals surface area contributed by atoms with Crippen LogP contribution in [0, 0.1) is 0 Å². The number of halogens is 1. The van der Waals surface area contributed by atoms with Gasteiger partial charge in [0.2, 0.25) is 0 Å². The van der Waals surface area contributed by atoms with Gasteiger partial charge in [-0.05, 0) is 42.8 Å². The van der Waals surface area contributed by atoms with Crippen molar-refractivity contribution in [3.63, 3.8) is 0 Å². The highest BCUT2D eigenvalue weighted by Gasteiger charge is 2.21. The molecule has 0 fully saturated rings. The van der Waals surface area contributed by atoms with E-state index in [1.807, 2.05) is 31.2 Å². The van der Waals surface area contributed by atoms with E-state index >= 15 is 0 Å². The maximum Gasteiger partial charge on any atom is 0.265 e. The van der Waals surface area contributed by atoms with Crippen LogP contribution < -0.4 is 19.5 Å². The molecule has 0 aliphatic carbocycles. The smallest absolute Gasteiger partial charge is 0.265 e. The summed E-state index contributed by atoms with van der Waals surface area (Å²) >= 11 is 7.46. The Kier molecular flexibility index (Phi) is 5.77. The van der Waals surface area contributed by atoms with Crippen molar-refractivity contribution in [2.45, 2.75) is 13.0 Å². The van der Waals surface area contributed by atoms with Gasteiger partial charge in [-0.25, -0.2) is 0 Å². The van der Waals surface area contributed by atoms with E-state index in [2.05, 4.69) is 5.32 Å². The zero-order valence-corrected chi connectivity index (χ0v) is 17.0. The molecule has 1 atom stereocenters. The third kappa shape index (κ3) is 3.82. The first-order valence-corrected chi connectivity index (χ1v) is 9.46. The van der Waals surface area contributed by atoms with E-state index < -0.39 is 0 Å². The number of thiophene rings is 1. The molecule has 5 nitrogen and oxygen atoms in total. The first kappa shape index (κ1) is 19.3. The number of benzene rings is 2. The zero-order valence-electron chi connectivity index (χ0n) is 15.5. The molecule has 0 aliphatic rings. The highest BCUT2D eigenvalue weighted by molar-refractivity contribution is 7.21. The standard InChI is InChI=1S/C20H20ClNO4S/c1-11(12-5-7-15(24-2)16(9-12)25-3)22-20(23)19-18(26-4)14-10-13(21)6-8-17(14)27-19/h5-11H,1-4H3,(H,22,23). The molecule has 1 N–H and O–H groups in total. The van der Waals surface area contributed by atoms with E-state index in [0.29, 0.717) is 27.1 Å². The second kappa shape index (κ2) is 8.06. The fourth-order valence-electron chi connectivity index (χ4n) is 2.87. The van der Waals surface area contributed by atoms with E-state index in [4.69, 9.17) is 25.8 Å². The van der Waals surface area contributed by atoms with Crippen LogP contribution in [0.4, 0.5) is 0 Å². The second-order valence-electron chi connectivity index (χ2n) is 5.91. The summed E-state index contributed by atoms with van der Waals surface area (Å²) in [5, 5.41) is 4.45. The number of ether oxygens (including phenoxy) is 3. The summed E-state index contributed by atoms with van der Waals surface area (Å²) in [7, 11) is 4.72. The molecular weight excluding hydrogens is 386 g/mol. The Morgan fingerprint density at radius 3 is 2.44 bits per heavy atom. The highest BCUT2D eigenvalue weighted by Crippen LogP contribution is 2.39. The molecule has 142 valence electrons. The van der Waals surface area contributed by atoms with Crippen LogP contribution in [-0.2, 0) is 0 Å². The normalized spacial score (nSPS) is 11.9. The minimum Gasteiger partial charge on any atom is -0.494 e. The molecule has 1 amide bonds. The Morgan fingerprint density at radius 2 is 1.78 bits per heavy atom. The predicted molar refractivity (Wildman–Crippen MR) is 109 cm³/mol. The van der Waals surface area contributed by atoms with E-state index in [-0.39, 0.29) is 11.9 Å². The van der Waals surface area contributed by atoms with Gasteiger partial charge in [-0.2, -0.15) is 0 Å². The molecule has 0 bridgehead atoms. The van der Waals surface area contributed by atoms with Crippen LogP contribution in [0.1, 0.15) is 28.2 Å². The number of carbonyl (C=O) groups excluding carboxylic acids is 1. The highest BCUT2D eigenvalue weighted by atomic mass is 35.5. The summed E-state index contributed by atoms with van der Waals surface area (Å²) in [5.74, 6) is 1.59. The SMILES string of the molecule is COc1ccc(C(C)NC(=O)c2sc3ccc(Cl)cc3c2OC)cc1OC. The summed E-state index contributed by atoms with van der Waals surface area (Å²) in [6.07, 6.45) is 0. The van der Waals surface area contributed by atoms with Gasteiger partial charge in [0.05, 0.1) is 27.4 Å². The Bertz CT molecular complexity index is 986. The van der Waals surface area contributed by atoms with Crippen molar-refractivity contribution in [3.05, 3.63) is 51.9 Å². The molecule has 1 heterocycles. The Labute approximate surface area is 166 Å². The quantitative estimate of drug-likeness (QED) is 0.621. The van der Waals surface area contributed by atoms with Gasteiger partial charge in [0.15, 0.2) is 11.5 Å². The number of methoxy groups -OCH3 is 3. The lowest BCUT2D eigenvalue weighted by Crippen LogP contribution is -2.26. The molecule has 0 spiro atoms. The largest absolute Gasteiger partial charge is 0.494 e. The maximum absolute atomic E-state index is 12.9. The van der Waals surface area contributed by atoms with E-state index in [1.165, 1.54) is 11.3 Å². The van der Waals surface area contributed by atoms with Gasteiger partial charge in [0.1, 0.15) is 10.6 Å². The number of hydrogen-bond donors (Lipinski definition) is 1. The molecule has 1 aromatic heterocycles. The molecule has 3 aromatic rings. The van der Waals surface area contributed by atoms with Crippen LogP contribution in [0.15, 0.2) is 36.4 Å². The fraction of sp³-hybridized carbons (Fsp3) is 0.250. The lowest BCUT2D eigenvalue weighted by atomic mass is 10.1. The van der Waals surface area contributed by atoms with E-state index in [1.54, 1.807) is 33.5 Å². The van der Waals surface area contributed by atoms with Crippen LogP contribution >= 0.6 is 22.9 Å². The summed E-state index contributed by atoms with van der Waals surface area (Å²) in [6, 6.07) is 10.8. The molecule has 7 heteroatoms. The minimum atomic E-state index is -0.226. The third-order valence-electron chi connectivity index (χ3n) is 4.27. The van der Waals surface area contributed by atoms with Crippen molar-refractivity contribution in [2.24, 2.45) is 0 Å². The Balaban J connectivity index is 1.88. The maximum atomic E-state index is 12.9. The van der Waals surface area contributed by atoms with Crippen LogP contribution in [0.25, 0.3) is 10.1 Å². The first-order valence-electron chi connectivity index (χ1n) is 8.27.